The number of nitriles is 1. The third-order valence-corrected chi connectivity index (χ3v) is 5.31. The normalized spacial score (nSPS) is 12.1. The van der Waals surface area contributed by atoms with Crippen molar-refractivity contribution in [2.24, 2.45) is 0 Å². The lowest BCUT2D eigenvalue weighted by Gasteiger charge is -2.18. The minimum absolute atomic E-state index is 0.0301. The molecule has 0 radical (unpaired) electrons. The van der Waals surface area contributed by atoms with Crippen LogP contribution in [0, 0.1) is 11.3 Å². The Morgan fingerprint density at radius 3 is 2.89 bits per heavy atom. The number of anilines is 2. The summed E-state index contributed by atoms with van der Waals surface area (Å²) in [5.74, 6) is -0.542. The molecule has 0 spiro atoms. The van der Waals surface area contributed by atoms with Crippen LogP contribution in [0.5, 0.6) is 5.75 Å². The van der Waals surface area contributed by atoms with Crippen molar-refractivity contribution in [3.8, 4) is 11.8 Å². The lowest BCUT2D eigenvalue weighted by atomic mass is 10.1. The minimum atomic E-state index is -0.447. The number of amides is 3. The van der Waals surface area contributed by atoms with Crippen molar-refractivity contribution >= 4 is 40.1 Å². The molecule has 4 aromatic rings. The molecule has 0 atom stereocenters. The van der Waals surface area contributed by atoms with Gasteiger partial charge < -0.3 is 25.7 Å². The quantitative estimate of drug-likeness (QED) is 0.350. The standard InChI is InChI=1S/C24H17N7O4/c25-8-13-2-1-3-15(6-13)23(33)31-17-10-26-21-20(17)28-12-29-22(21)24(34)27-9-14-4-5-18-16(7-14)30-19(32)11-35-18/h1-7,10,12,26H,9,11H2,(H,27,34)(H,30,32)(H,31,33). The molecule has 1 aliphatic heterocycles. The number of ether oxygens (including phenoxy) is 1. The predicted octanol–water partition coefficient (Wildman–Crippen LogP) is 2.34. The van der Waals surface area contributed by atoms with E-state index in [-0.39, 0.29) is 24.8 Å². The van der Waals surface area contributed by atoms with Gasteiger partial charge in [-0.2, -0.15) is 5.26 Å². The van der Waals surface area contributed by atoms with Gasteiger partial charge in [-0.05, 0) is 35.9 Å². The number of fused-ring (bicyclic) bond motifs is 2. The minimum Gasteiger partial charge on any atom is -0.482 e. The molecule has 2 aromatic heterocycles. The Bertz CT molecular complexity index is 1540. The number of carbonyl (C=O) groups excluding carboxylic acids is 3. The van der Waals surface area contributed by atoms with E-state index in [9.17, 15) is 14.4 Å². The van der Waals surface area contributed by atoms with Gasteiger partial charge >= 0.3 is 0 Å². The summed E-state index contributed by atoms with van der Waals surface area (Å²) in [6.45, 7) is 0.157. The molecular weight excluding hydrogens is 450 g/mol. The van der Waals surface area contributed by atoms with Crippen LogP contribution in [0.25, 0.3) is 11.0 Å². The number of benzene rings is 2. The zero-order valence-corrected chi connectivity index (χ0v) is 18.1. The van der Waals surface area contributed by atoms with E-state index in [0.717, 1.165) is 5.56 Å². The van der Waals surface area contributed by atoms with Crippen LogP contribution in [0.1, 0.15) is 32.0 Å². The lowest BCUT2D eigenvalue weighted by molar-refractivity contribution is -0.118. The average molecular weight is 467 g/mol. The predicted molar refractivity (Wildman–Crippen MR) is 125 cm³/mol. The Hall–Kier alpha value is -5.24. The van der Waals surface area contributed by atoms with Gasteiger partial charge in [0, 0.05) is 18.3 Å². The fraction of sp³-hybridized carbons (Fsp3) is 0.0833. The zero-order valence-electron chi connectivity index (χ0n) is 18.1. The monoisotopic (exact) mass is 467 g/mol. The van der Waals surface area contributed by atoms with E-state index in [1.807, 2.05) is 6.07 Å². The highest BCUT2D eigenvalue weighted by molar-refractivity contribution is 6.11. The van der Waals surface area contributed by atoms with Crippen molar-refractivity contribution in [1.82, 2.24) is 20.3 Å². The second kappa shape index (κ2) is 8.95. The summed E-state index contributed by atoms with van der Waals surface area (Å²) < 4.78 is 5.34. The first kappa shape index (κ1) is 21.6. The van der Waals surface area contributed by atoms with E-state index in [0.29, 0.717) is 39.3 Å². The summed E-state index contributed by atoms with van der Waals surface area (Å²) in [4.78, 5) is 48.3. The number of hydrogen-bond donors (Lipinski definition) is 4. The molecule has 11 heteroatoms. The van der Waals surface area contributed by atoms with Crippen LogP contribution in [0.2, 0.25) is 0 Å². The van der Waals surface area contributed by atoms with E-state index in [2.05, 4.69) is 30.9 Å². The topological polar surface area (TPSA) is 162 Å². The van der Waals surface area contributed by atoms with Gasteiger partial charge in [-0.1, -0.05) is 12.1 Å². The van der Waals surface area contributed by atoms with Gasteiger partial charge in [-0.3, -0.25) is 14.4 Å². The largest absolute Gasteiger partial charge is 0.482 e. The molecule has 0 bridgehead atoms. The fourth-order valence-corrected chi connectivity index (χ4v) is 3.64. The Morgan fingerprint density at radius 2 is 2.03 bits per heavy atom. The highest BCUT2D eigenvalue weighted by Crippen LogP contribution is 2.28. The molecule has 11 nitrogen and oxygen atoms in total. The summed E-state index contributed by atoms with van der Waals surface area (Å²) in [6.07, 6.45) is 2.76. The molecule has 4 N–H and O–H groups in total. The van der Waals surface area contributed by atoms with Crippen LogP contribution < -0.4 is 20.7 Å². The first-order valence-electron chi connectivity index (χ1n) is 10.5. The first-order chi connectivity index (χ1) is 17.0. The molecule has 0 unspecified atom stereocenters. The van der Waals surface area contributed by atoms with E-state index in [4.69, 9.17) is 10.00 Å². The van der Waals surface area contributed by atoms with Gasteiger partial charge in [0.05, 0.1) is 28.5 Å². The third-order valence-electron chi connectivity index (χ3n) is 5.31. The number of hydrogen-bond acceptors (Lipinski definition) is 7. The third kappa shape index (κ3) is 4.36. The molecule has 1 aliphatic rings. The Labute approximate surface area is 198 Å². The molecule has 172 valence electrons. The zero-order chi connectivity index (χ0) is 24.4. The van der Waals surface area contributed by atoms with Crippen LogP contribution in [-0.4, -0.2) is 39.3 Å². The van der Waals surface area contributed by atoms with E-state index in [1.54, 1.807) is 36.4 Å². The maximum atomic E-state index is 12.9. The van der Waals surface area contributed by atoms with Crippen molar-refractivity contribution in [1.29, 1.82) is 5.26 Å². The molecule has 0 saturated heterocycles. The van der Waals surface area contributed by atoms with Gasteiger partial charge in [0.2, 0.25) is 0 Å². The Balaban J connectivity index is 1.32. The second-order valence-electron chi connectivity index (χ2n) is 7.65. The second-order valence-corrected chi connectivity index (χ2v) is 7.65. The van der Waals surface area contributed by atoms with Crippen LogP contribution >= 0.6 is 0 Å². The number of carbonyl (C=O) groups is 3. The number of H-pyrrole nitrogens is 1. The van der Waals surface area contributed by atoms with E-state index >= 15 is 0 Å². The van der Waals surface area contributed by atoms with Gasteiger partial charge in [0.25, 0.3) is 17.7 Å². The van der Waals surface area contributed by atoms with Crippen LogP contribution in [-0.2, 0) is 11.3 Å². The number of nitrogens with zero attached hydrogens (tertiary/aromatic N) is 3. The number of rotatable bonds is 5. The first-order valence-corrected chi connectivity index (χ1v) is 10.5. The van der Waals surface area contributed by atoms with Crippen LogP contribution in [0.4, 0.5) is 11.4 Å². The van der Waals surface area contributed by atoms with Crippen molar-refractivity contribution in [3.63, 3.8) is 0 Å². The van der Waals surface area contributed by atoms with Crippen molar-refractivity contribution in [2.45, 2.75) is 6.54 Å². The van der Waals surface area contributed by atoms with Gasteiger partial charge in [-0.15, -0.1) is 0 Å². The average Bonchev–Trinajstić information content (AvgIpc) is 3.29. The van der Waals surface area contributed by atoms with Gasteiger partial charge in [0.15, 0.2) is 12.3 Å². The lowest BCUT2D eigenvalue weighted by Crippen LogP contribution is -2.26. The maximum absolute atomic E-state index is 12.9. The molecule has 3 amide bonds. The Morgan fingerprint density at radius 1 is 1.14 bits per heavy atom. The number of aromatic amines is 1. The molecular formula is C24H17N7O4. The number of nitrogens with one attached hydrogen (secondary N) is 4. The molecule has 0 saturated carbocycles. The van der Waals surface area contributed by atoms with Gasteiger partial charge in [0.1, 0.15) is 17.6 Å². The maximum Gasteiger partial charge on any atom is 0.272 e. The summed E-state index contributed by atoms with van der Waals surface area (Å²) >= 11 is 0. The molecule has 3 heterocycles. The fourth-order valence-electron chi connectivity index (χ4n) is 3.64. The molecule has 0 fully saturated rings. The van der Waals surface area contributed by atoms with E-state index < -0.39 is 11.8 Å². The van der Waals surface area contributed by atoms with Crippen LogP contribution in [0.3, 0.4) is 0 Å². The smallest absolute Gasteiger partial charge is 0.272 e. The molecule has 35 heavy (non-hydrogen) atoms. The van der Waals surface area contributed by atoms with E-state index in [1.165, 1.54) is 18.6 Å². The highest BCUT2D eigenvalue weighted by atomic mass is 16.5. The highest BCUT2D eigenvalue weighted by Gasteiger charge is 2.19. The van der Waals surface area contributed by atoms with Gasteiger partial charge in [-0.25, -0.2) is 9.97 Å². The van der Waals surface area contributed by atoms with Crippen molar-refractivity contribution in [2.75, 3.05) is 17.2 Å². The van der Waals surface area contributed by atoms with Crippen molar-refractivity contribution in [3.05, 3.63) is 77.4 Å². The van der Waals surface area contributed by atoms with Crippen LogP contribution in [0.15, 0.2) is 55.0 Å². The molecule has 0 aliphatic carbocycles. The number of aromatic nitrogens is 3. The summed E-state index contributed by atoms with van der Waals surface area (Å²) in [7, 11) is 0. The summed E-state index contributed by atoms with van der Waals surface area (Å²) in [5.41, 5.74) is 3.19. The Kier molecular flexibility index (Phi) is 5.52. The summed E-state index contributed by atoms with van der Waals surface area (Å²) in [5, 5.41) is 17.3. The molecule has 2 aromatic carbocycles. The summed E-state index contributed by atoms with van der Waals surface area (Å²) in [6, 6.07) is 13.5. The molecule has 5 rings (SSSR count). The van der Waals surface area contributed by atoms with Crippen molar-refractivity contribution < 1.29 is 19.1 Å². The SMILES string of the molecule is N#Cc1cccc(C(=O)Nc2c[nH]c3c(C(=O)NCc4ccc5c(c4)NC(=O)CO5)ncnc23)c1.